The SMILES string of the molecule is Cl.OC(COc1ccc(OCC(O)CN2CCCCCC2)cc1)CN1CCCCCC1. The number of nitrogens with zero attached hydrogens (tertiary/aromatic N) is 2. The van der Waals surface area contributed by atoms with Crippen LogP contribution >= 0.6 is 12.4 Å². The van der Waals surface area contributed by atoms with E-state index in [1.807, 2.05) is 24.3 Å². The number of aliphatic hydroxyl groups is 2. The fourth-order valence-corrected chi connectivity index (χ4v) is 4.36. The first-order chi connectivity index (χ1) is 14.7. The highest BCUT2D eigenvalue weighted by Gasteiger charge is 2.15. The van der Waals surface area contributed by atoms with Crippen molar-refractivity contribution in [2.24, 2.45) is 0 Å². The molecule has 178 valence electrons. The highest BCUT2D eigenvalue weighted by atomic mass is 35.5. The van der Waals surface area contributed by atoms with Gasteiger partial charge in [0.15, 0.2) is 0 Å². The molecule has 2 fully saturated rings. The smallest absolute Gasteiger partial charge is 0.119 e. The van der Waals surface area contributed by atoms with Crippen LogP contribution in [0.3, 0.4) is 0 Å². The molecule has 6 nitrogen and oxygen atoms in total. The van der Waals surface area contributed by atoms with E-state index in [1.165, 1.54) is 51.4 Å². The van der Waals surface area contributed by atoms with E-state index in [-0.39, 0.29) is 12.4 Å². The van der Waals surface area contributed by atoms with Crippen molar-refractivity contribution >= 4 is 12.4 Å². The summed E-state index contributed by atoms with van der Waals surface area (Å²) in [6.45, 7) is 6.25. The summed E-state index contributed by atoms with van der Waals surface area (Å²) in [4.78, 5) is 4.68. The fraction of sp³-hybridized carbons (Fsp3) is 0.750. The van der Waals surface area contributed by atoms with Crippen LogP contribution in [0.25, 0.3) is 0 Å². The number of benzene rings is 1. The van der Waals surface area contributed by atoms with Crippen molar-refractivity contribution in [2.75, 3.05) is 52.5 Å². The van der Waals surface area contributed by atoms with Gasteiger partial charge in [0.05, 0.1) is 0 Å². The maximum atomic E-state index is 10.3. The number of hydrogen-bond acceptors (Lipinski definition) is 6. The highest BCUT2D eigenvalue weighted by molar-refractivity contribution is 5.85. The van der Waals surface area contributed by atoms with Gasteiger partial charge in [-0.1, -0.05) is 25.7 Å². The van der Waals surface area contributed by atoms with Gasteiger partial charge in [0, 0.05) is 13.1 Å². The Morgan fingerprint density at radius 2 is 0.935 bits per heavy atom. The fourth-order valence-electron chi connectivity index (χ4n) is 4.36. The van der Waals surface area contributed by atoms with Crippen molar-refractivity contribution in [3.8, 4) is 11.5 Å². The van der Waals surface area contributed by atoms with Crippen molar-refractivity contribution in [3.63, 3.8) is 0 Å². The standard InChI is InChI=1S/C24H40N2O4.ClH/c27-21(17-25-13-5-1-2-6-14-25)19-29-23-9-11-24(12-10-23)30-20-22(28)18-26-15-7-3-4-8-16-26;/h9-12,21-22,27-28H,1-8,13-20H2;1H. The molecular formula is C24H41ClN2O4. The Labute approximate surface area is 193 Å². The number of likely N-dealkylation sites (tertiary alicyclic amines) is 2. The van der Waals surface area contributed by atoms with E-state index in [4.69, 9.17) is 9.47 Å². The van der Waals surface area contributed by atoms with Gasteiger partial charge in [-0.25, -0.2) is 0 Å². The van der Waals surface area contributed by atoms with Crippen molar-refractivity contribution in [3.05, 3.63) is 24.3 Å². The van der Waals surface area contributed by atoms with Crippen LogP contribution in [-0.2, 0) is 0 Å². The van der Waals surface area contributed by atoms with Gasteiger partial charge < -0.3 is 29.5 Å². The van der Waals surface area contributed by atoms with E-state index in [0.717, 1.165) is 37.7 Å². The minimum absolute atomic E-state index is 0. The Morgan fingerprint density at radius 1 is 0.613 bits per heavy atom. The first kappa shape index (κ1) is 26.2. The molecule has 0 aromatic heterocycles. The van der Waals surface area contributed by atoms with E-state index in [2.05, 4.69) is 9.80 Å². The van der Waals surface area contributed by atoms with Gasteiger partial charge in [-0.2, -0.15) is 0 Å². The van der Waals surface area contributed by atoms with Crippen LogP contribution < -0.4 is 9.47 Å². The predicted octanol–water partition coefficient (Wildman–Crippen LogP) is 3.34. The third-order valence-electron chi connectivity index (χ3n) is 6.04. The maximum absolute atomic E-state index is 10.3. The van der Waals surface area contributed by atoms with Gasteiger partial charge in [-0.05, 0) is 76.1 Å². The molecule has 3 rings (SSSR count). The Kier molecular flexibility index (Phi) is 12.6. The lowest BCUT2D eigenvalue weighted by molar-refractivity contribution is 0.0680. The number of aliphatic hydroxyl groups excluding tert-OH is 2. The summed E-state index contributed by atoms with van der Waals surface area (Å²) in [5, 5.41) is 20.6. The molecule has 2 aliphatic rings. The van der Waals surface area contributed by atoms with Crippen LogP contribution in [0.2, 0.25) is 0 Å². The number of halogens is 1. The van der Waals surface area contributed by atoms with Crippen molar-refractivity contribution in [2.45, 2.75) is 63.6 Å². The van der Waals surface area contributed by atoms with Crippen molar-refractivity contribution in [1.82, 2.24) is 9.80 Å². The predicted molar refractivity (Wildman–Crippen MR) is 127 cm³/mol. The third kappa shape index (κ3) is 10.4. The molecule has 0 amide bonds. The molecule has 2 aliphatic heterocycles. The average molecular weight is 457 g/mol. The summed E-state index contributed by atoms with van der Waals surface area (Å²) in [6, 6.07) is 7.43. The van der Waals surface area contributed by atoms with E-state index in [9.17, 15) is 10.2 Å². The molecule has 2 heterocycles. The zero-order valence-corrected chi connectivity index (χ0v) is 19.6. The molecule has 2 N–H and O–H groups in total. The molecule has 0 aliphatic carbocycles. The number of hydrogen-bond donors (Lipinski definition) is 2. The molecule has 1 aromatic rings. The molecular weight excluding hydrogens is 416 g/mol. The molecule has 31 heavy (non-hydrogen) atoms. The van der Waals surface area contributed by atoms with Crippen LogP contribution in [0.15, 0.2) is 24.3 Å². The zero-order valence-electron chi connectivity index (χ0n) is 18.8. The van der Waals surface area contributed by atoms with Crippen LogP contribution in [0, 0.1) is 0 Å². The molecule has 2 saturated heterocycles. The molecule has 0 saturated carbocycles. The molecule has 7 heteroatoms. The summed E-state index contributed by atoms with van der Waals surface area (Å²) in [5.41, 5.74) is 0. The lowest BCUT2D eigenvalue weighted by Crippen LogP contribution is -2.36. The molecule has 2 unspecified atom stereocenters. The Morgan fingerprint density at radius 3 is 1.26 bits per heavy atom. The number of β-amino-alcohol motifs (C(OH)–C–C–N with tert-alkyl or cyclic N) is 2. The summed E-state index contributed by atoms with van der Waals surface area (Å²) < 4.78 is 11.5. The van der Waals surface area contributed by atoms with Crippen LogP contribution in [-0.4, -0.2) is 84.7 Å². The van der Waals surface area contributed by atoms with E-state index >= 15 is 0 Å². The Balaban J connectivity index is 0.00000341. The second-order valence-corrected chi connectivity index (χ2v) is 8.83. The summed E-state index contributed by atoms with van der Waals surface area (Å²) in [7, 11) is 0. The Bertz CT molecular complexity index is 522. The second-order valence-electron chi connectivity index (χ2n) is 8.83. The lowest BCUT2D eigenvalue weighted by atomic mass is 10.2. The molecule has 0 bridgehead atoms. The van der Waals surface area contributed by atoms with Crippen molar-refractivity contribution in [1.29, 1.82) is 0 Å². The summed E-state index contributed by atoms with van der Waals surface area (Å²) >= 11 is 0. The van der Waals surface area contributed by atoms with Crippen molar-refractivity contribution < 1.29 is 19.7 Å². The van der Waals surface area contributed by atoms with Crippen LogP contribution in [0.1, 0.15) is 51.4 Å². The van der Waals surface area contributed by atoms with Gasteiger partial charge in [0.1, 0.15) is 36.9 Å². The molecule has 2 atom stereocenters. The van der Waals surface area contributed by atoms with E-state index < -0.39 is 12.2 Å². The van der Waals surface area contributed by atoms with E-state index in [1.54, 1.807) is 0 Å². The average Bonchev–Trinajstić information content (AvgIpc) is 3.16. The second kappa shape index (κ2) is 14.9. The zero-order chi connectivity index (χ0) is 21.0. The summed E-state index contributed by atoms with van der Waals surface area (Å²) in [5.74, 6) is 1.45. The largest absolute Gasteiger partial charge is 0.491 e. The number of ether oxygens (including phenoxy) is 2. The minimum Gasteiger partial charge on any atom is -0.491 e. The quantitative estimate of drug-likeness (QED) is 0.563. The van der Waals surface area contributed by atoms with E-state index in [0.29, 0.717) is 26.3 Å². The third-order valence-corrected chi connectivity index (χ3v) is 6.04. The maximum Gasteiger partial charge on any atom is 0.119 e. The van der Waals surface area contributed by atoms with Gasteiger partial charge in [-0.3, -0.25) is 0 Å². The molecule has 0 radical (unpaired) electrons. The van der Waals surface area contributed by atoms with Crippen LogP contribution in [0.4, 0.5) is 0 Å². The van der Waals surface area contributed by atoms with Crippen LogP contribution in [0.5, 0.6) is 11.5 Å². The lowest BCUT2D eigenvalue weighted by Gasteiger charge is -2.23. The topological polar surface area (TPSA) is 65.4 Å². The highest BCUT2D eigenvalue weighted by Crippen LogP contribution is 2.18. The van der Waals surface area contributed by atoms with Gasteiger partial charge in [0.2, 0.25) is 0 Å². The minimum atomic E-state index is -0.479. The van der Waals surface area contributed by atoms with Gasteiger partial charge in [0.25, 0.3) is 0 Å². The monoisotopic (exact) mass is 456 g/mol. The van der Waals surface area contributed by atoms with Gasteiger partial charge >= 0.3 is 0 Å². The molecule has 1 aromatic carbocycles. The normalized spacial score (nSPS) is 20.7. The Hall–Kier alpha value is -1.05. The first-order valence-corrected chi connectivity index (χ1v) is 11.9. The van der Waals surface area contributed by atoms with Gasteiger partial charge in [-0.15, -0.1) is 12.4 Å². The molecule has 0 spiro atoms. The first-order valence-electron chi connectivity index (χ1n) is 11.9. The summed E-state index contributed by atoms with van der Waals surface area (Å²) in [6.07, 6.45) is 9.13. The number of rotatable bonds is 10.